The fourth-order valence-electron chi connectivity index (χ4n) is 4.12. The molecule has 5 heteroatoms. The predicted octanol–water partition coefficient (Wildman–Crippen LogP) is 4.38. The van der Waals surface area contributed by atoms with E-state index in [2.05, 4.69) is 52.7 Å². The zero-order valence-electron chi connectivity index (χ0n) is 18.2. The molecule has 1 saturated carbocycles. The number of fused-ring (bicyclic) bond motifs is 1. The Hall–Kier alpha value is -2.37. The van der Waals surface area contributed by atoms with Gasteiger partial charge in [-0.1, -0.05) is 30.3 Å². The second-order valence-corrected chi connectivity index (χ2v) is 8.67. The quantitative estimate of drug-likeness (QED) is 0.704. The summed E-state index contributed by atoms with van der Waals surface area (Å²) in [6.45, 7) is 7.02. The van der Waals surface area contributed by atoms with Crippen LogP contribution < -0.4 is 10.1 Å². The molecule has 2 aromatic rings. The monoisotopic (exact) mass is 408 g/mol. The SMILES string of the molecule is COC1CN(Cc2ccc([C@H](C)NC(C)=O)cc2)Cc2ccc(OCC3CC3)cc21. The molecular weight excluding hydrogens is 376 g/mol. The van der Waals surface area contributed by atoms with Crippen LogP contribution in [0.4, 0.5) is 0 Å². The highest BCUT2D eigenvalue weighted by atomic mass is 16.5. The number of nitrogens with zero attached hydrogens (tertiary/aromatic N) is 1. The average Bonchev–Trinajstić information content (AvgIpc) is 3.56. The Balaban J connectivity index is 1.40. The van der Waals surface area contributed by atoms with Gasteiger partial charge in [-0.25, -0.2) is 0 Å². The Kier molecular flexibility index (Phi) is 6.40. The molecule has 5 nitrogen and oxygen atoms in total. The minimum atomic E-state index is -0.00902. The second kappa shape index (κ2) is 9.19. The number of hydrogen-bond acceptors (Lipinski definition) is 4. The number of carbonyl (C=O) groups is 1. The van der Waals surface area contributed by atoms with Crippen LogP contribution in [-0.4, -0.2) is 31.1 Å². The third kappa shape index (κ3) is 5.21. The summed E-state index contributed by atoms with van der Waals surface area (Å²) >= 11 is 0. The van der Waals surface area contributed by atoms with E-state index >= 15 is 0 Å². The fraction of sp³-hybridized carbons (Fsp3) is 0.480. The smallest absolute Gasteiger partial charge is 0.217 e. The third-order valence-corrected chi connectivity index (χ3v) is 6.06. The van der Waals surface area contributed by atoms with Crippen molar-refractivity contribution in [2.45, 2.75) is 51.9 Å². The minimum Gasteiger partial charge on any atom is -0.493 e. The van der Waals surface area contributed by atoms with Gasteiger partial charge in [-0.2, -0.15) is 0 Å². The van der Waals surface area contributed by atoms with Gasteiger partial charge in [0.05, 0.1) is 18.8 Å². The lowest BCUT2D eigenvalue weighted by Crippen LogP contribution is -2.34. The largest absolute Gasteiger partial charge is 0.493 e. The summed E-state index contributed by atoms with van der Waals surface area (Å²) in [7, 11) is 1.79. The van der Waals surface area contributed by atoms with Gasteiger partial charge in [0.2, 0.25) is 5.91 Å². The Morgan fingerprint density at radius 2 is 1.97 bits per heavy atom. The summed E-state index contributed by atoms with van der Waals surface area (Å²) in [5.41, 5.74) is 4.94. The zero-order chi connectivity index (χ0) is 21.1. The molecule has 1 fully saturated rings. The first-order valence-electron chi connectivity index (χ1n) is 10.9. The van der Waals surface area contributed by atoms with Crippen molar-refractivity contribution >= 4 is 5.91 Å². The number of benzene rings is 2. The van der Waals surface area contributed by atoms with Crippen molar-refractivity contribution in [3.63, 3.8) is 0 Å². The summed E-state index contributed by atoms with van der Waals surface area (Å²) in [6.07, 6.45) is 2.65. The Morgan fingerprint density at radius 1 is 1.20 bits per heavy atom. The topological polar surface area (TPSA) is 50.8 Å². The van der Waals surface area contributed by atoms with Crippen molar-refractivity contribution in [2.24, 2.45) is 5.92 Å². The maximum absolute atomic E-state index is 11.3. The first-order chi connectivity index (χ1) is 14.5. The van der Waals surface area contributed by atoms with Crippen LogP contribution >= 0.6 is 0 Å². The molecule has 30 heavy (non-hydrogen) atoms. The van der Waals surface area contributed by atoms with E-state index in [0.717, 1.165) is 43.5 Å². The summed E-state index contributed by atoms with van der Waals surface area (Å²) in [6, 6.07) is 15.0. The van der Waals surface area contributed by atoms with E-state index in [4.69, 9.17) is 9.47 Å². The number of carbonyl (C=O) groups excluding carboxylic acids is 1. The van der Waals surface area contributed by atoms with Crippen LogP contribution in [0.3, 0.4) is 0 Å². The molecule has 0 aromatic heterocycles. The average molecular weight is 409 g/mol. The lowest BCUT2D eigenvalue weighted by molar-refractivity contribution is -0.119. The van der Waals surface area contributed by atoms with E-state index in [1.54, 1.807) is 14.0 Å². The number of amides is 1. The van der Waals surface area contributed by atoms with E-state index in [-0.39, 0.29) is 18.1 Å². The van der Waals surface area contributed by atoms with Crippen LogP contribution in [0.25, 0.3) is 0 Å². The maximum Gasteiger partial charge on any atom is 0.217 e. The molecule has 0 radical (unpaired) electrons. The molecule has 1 N–H and O–H groups in total. The Morgan fingerprint density at radius 3 is 2.63 bits per heavy atom. The zero-order valence-corrected chi connectivity index (χ0v) is 18.2. The second-order valence-electron chi connectivity index (χ2n) is 8.67. The lowest BCUT2D eigenvalue weighted by atomic mass is 9.96. The van der Waals surface area contributed by atoms with Gasteiger partial charge in [-0.3, -0.25) is 9.69 Å². The van der Waals surface area contributed by atoms with Crippen molar-refractivity contribution < 1.29 is 14.3 Å². The van der Waals surface area contributed by atoms with Crippen LogP contribution in [0.1, 0.15) is 61.1 Å². The Bertz CT molecular complexity index is 876. The number of ether oxygens (including phenoxy) is 2. The molecule has 2 atom stereocenters. The van der Waals surface area contributed by atoms with Gasteiger partial charge in [0.25, 0.3) is 0 Å². The van der Waals surface area contributed by atoms with Crippen molar-refractivity contribution in [1.82, 2.24) is 10.2 Å². The molecule has 1 unspecified atom stereocenters. The van der Waals surface area contributed by atoms with Crippen LogP contribution in [0, 0.1) is 5.92 Å². The predicted molar refractivity (Wildman–Crippen MR) is 117 cm³/mol. The van der Waals surface area contributed by atoms with Crippen molar-refractivity contribution in [2.75, 3.05) is 20.3 Å². The molecule has 0 bridgehead atoms. The van der Waals surface area contributed by atoms with Crippen LogP contribution in [0.2, 0.25) is 0 Å². The molecule has 1 amide bonds. The molecular formula is C25H32N2O3. The van der Waals surface area contributed by atoms with E-state index in [1.165, 1.54) is 29.5 Å². The van der Waals surface area contributed by atoms with Crippen LogP contribution in [-0.2, 0) is 22.6 Å². The van der Waals surface area contributed by atoms with Gasteiger partial charge in [-0.15, -0.1) is 0 Å². The lowest BCUT2D eigenvalue weighted by Gasteiger charge is -2.34. The standard InChI is InChI=1S/C25H32N2O3/c1-17(26-18(2)28)21-8-6-19(7-9-21)13-27-14-22-10-11-23(30-16-20-4-5-20)12-24(22)25(15-27)29-3/h6-12,17,20,25H,4-5,13-16H2,1-3H3,(H,26,28)/t17-,25?/m0/s1. The molecule has 1 heterocycles. The molecule has 0 spiro atoms. The van der Waals surface area contributed by atoms with E-state index in [1.807, 2.05) is 6.92 Å². The summed E-state index contributed by atoms with van der Waals surface area (Å²) in [5, 5.41) is 2.93. The van der Waals surface area contributed by atoms with Gasteiger partial charge in [0.1, 0.15) is 5.75 Å². The molecule has 2 aromatic carbocycles. The van der Waals surface area contributed by atoms with Crippen molar-refractivity contribution in [1.29, 1.82) is 0 Å². The molecule has 160 valence electrons. The Labute approximate surface area is 179 Å². The summed E-state index contributed by atoms with van der Waals surface area (Å²) in [5.74, 6) is 1.70. The molecule has 2 aliphatic rings. The number of methoxy groups -OCH3 is 1. The first kappa shape index (κ1) is 20.9. The van der Waals surface area contributed by atoms with E-state index in [0.29, 0.717) is 0 Å². The highest BCUT2D eigenvalue weighted by Gasteiger charge is 2.27. The van der Waals surface area contributed by atoms with Gasteiger partial charge in [0, 0.05) is 33.7 Å². The molecule has 1 aliphatic carbocycles. The summed E-state index contributed by atoms with van der Waals surface area (Å²) in [4.78, 5) is 13.7. The molecule has 4 rings (SSSR count). The van der Waals surface area contributed by atoms with Gasteiger partial charge >= 0.3 is 0 Å². The normalized spacial score (nSPS) is 19.8. The van der Waals surface area contributed by atoms with Crippen LogP contribution in [0.15, 0.2) is 42.5 Å². The summed E-state index contributed by atoms with van der Waals surface area (Å²) < 4.78 is 11.8. The fourth-order valence-corrected chi connectivity index (χ4v) is 4.12. The molecule has 0 saturated heterocycles. The minimum absolute atomic E-state index is 0.00902. The number of rotatable bonds is 8. The van der Waals surface area contributed by atoms with Gasteiger partial charge < -0.3 is 14.8 Å². The van der Waals surface area contributed by atoms with Crippen molar-refractivity contribution in [3.8, 4) is 5.75 Å². The number of hydrogen-bond donors (Lipinski definition) is 1. The first-order valence-corrected chi connectivity index (χ1v) is 10.9. The van der Waals surface area contributed by atoms with Gasteiger partial charge in [0.15, 0.2) is 0 Å². The van der Waals surface area contributed by atoms with E-state index < -0.39 is 0 Å². The van der Waals surface area contributed by atoms with Crippen LogP contribution in [0.5, 0.6) is 5.75 Å². The third-order valence-electron chi connectivity index (χ3n) is 6.06. The van der Waals surface area contributed by atoms with Gasteiger partial charge in [-0.05, 0) is 60.1 Å². The maximum atomic E-state index is 11.3. The number of nitrogens with one attached hydrogen (secondary N) is 1. The highest BCUT2D eigenvalue weighted by Crippen LogP contribution is 2.34. The van der Waals surface area contributed by atoms with Crippen molar-refractivity contribution in [3.05, 3.63) is 64.7 Å². The van der Waals surface area contributed by atoms with E-state index in [9.17, 15) is 4.79 Å². The molecule has 1 aliphatic heterocycles. The highest BCUT2D eigenvalue weighted by molar-refractivity contribution is 5.73.